The van der Waals surface area contributed by atoms with Gasteiger partial charge in [-0.1, -0.05) is 70.0 Å². The van der Waals surface area contributed by atoms with Gasteiger partial charge in [0.25, 0.3) is 0 Å². The standard InChI is InChI=1S/C28H17Cl3FN3O4S2/c29-13-4-10-16(11-5-13)35-25(37)21-20(17-2-1-3-18(30)22(17)31)24-27(40-23(21)26(35)38)34(28(39)41-24)12-19(36)33-15-8-6-14(32)7-9-15/h1-11,20-21,23H,12H2,(H,33,36). The summed E-state index contributed by atoms with van der Waals surface area (Å²) in [6.45, 7) is -0.356. The van der Waals surface area contributed by atoms with Crippen molar-refractivity contribution in [1.29, 1.82) is 0 Å². The molecule has 3 atom stereocenters. The van der Waals surface area contributed by atoms with Crippen molar-refractivity contribution in [3.05, 3.63) is 108 Å². The third kappa shape index (κ3) is 4.97. The van der Waals surface area contributed by atoms with Crippen LogP contribution >= 0.6 is 57.9 Å². The molecule has 1 aromatic heterocycles. The lowest BCUT2D eigenvalue weighted by atomic mass is 9.83. The van der Waals surface area contributed by atoms with Gasteiger partial charge < -0.3 is 5.32 Å². The molecule has 6 rings (SSSR count). The summed E-state index contributed by atoms with van der Waals surface area (Å²) in [5.74, 6) is -3.52. The number of halogens is 4. The molecule has 7 nitrogen and oxygen atoms in total. The second-order valence-corrected chi connectivity index (χ2v) is 12.7. The molecule has 1 fully saturated rings. The summed E-state index contributed by atoms with van der Waals surface area (Å²) in [6, 6.07) is 16.6. The lowest BCUT2D eigenvalue weighted by molar-refractivity contribution is -0.122. The van der Waals surface area contributed by atoms with Crippen molar-refractivity contribution in [2.24, 2.45) is 5.92 Å². The SMILES string of the molecule is O=C(Cn1c2c(sc1=O)C(c1cccc(Cl)c1Cl)C1C(=O)N(c3ccc(Cl)cc3)C(=O)C1S2)Nc1ccc(F)cc1. The Balaban J connectivity index is 1.43. The highest BCUT2D eigenvalue weighted by atomic mass is 35.5. The lowest BCUT2D eigenvalue weighted by Crippen LogP contribution is -2.33. The smallest absolute Gasteiger partial charge is 0.308 e. The molecule has 1 saturated heterocycles. The Morgan fingerprint density at radius 3 is 2.34 bits per heavy atom. The number of carbonyl (C=O) groups excluding carboxylic acids is 3. The molecule has 208 valence electrons. The minimum absolute atomic E-state index is 0.211. The Morgan fingerprint density at radius 2 is 1.63 bits per heavy atom. The van der Waals surface area contributed by atoms with Gasteiger partial charge in [-0.3, -0.25) is 23.7 Å². The minimum atomic E-state index is -0.897. The zero-order valence-electron chi connectivity index (χ0n) is 20.6. The highest BCUT2D eigenvalue weighted by Gasteiger charge is 2.57. The molecule has 0 spiro atoms. The van der Waals surface area contributed by atoms with Gasteiger partial charge in [-0.05, 0) is 60.2 Å². The first-order valence-electron chi connectivity index (χ1n) is 12.2. The van der Waals surface area contributed by atoms with Gasteiger partial charge in [-0.25, -0.2) is 9.29 Å². The number of amides is 3. The number of hydrogen-bond acceptors (Lipinski definition) is 6. The van der Waals surface area contributed by atoms with E-state index in [0.717, 1.165) is 28.0 Å². The number of anilines is 2. The van der Waals surface area contributed by atoms with Crippen molar-refractivity contribution in [3.63, 3.8) is 0 Å². The van der Waals surface area contributed by atoms with Crippen LogP contribution in [-0.4, -0.2) is 27.5 Å². The van der Waals surface area contributed by atoms with Crippen molar-refractivity contribution in [2.75, 3.05) is 10.2 Å². The Bertz CT molecular complexity index is 1780. The van der Waals surface area contributed by atoms with Gasteiger partial charge >= 0.3 is 4.87 Å². The fraction of sp³-hybridized carbons (Fsp3) is 0.143. The number of benzene rings is 3. The van der Waals surface area contributed by atoms with E-state index in [0.29, 0.717) is 31.9 Å². The average molecular weight is 649 g/mol. The van der Waals surface area contributed by atoms with Crippen LogP contribution in [0.15, 0.2) is 76.6 Å². The molecule has 41 heavy (non-hydrogen) atoms. The van der Waals surface area contributed by atoms with Crippen LogP contribution in [0.25, 0.3) is 0 Å². The van der Waals surface area contributed by atoms with Crippen LogP contribution in [0.4, 0.5) is 15.8 Å². The van der Waals surface area contributed by atoms with Crippen LogP contribution in [0.1, 0.15) is 16.4 Å². The van der Waals surface area contributed by atoms with E-state index in [1.54, 1.807) is 42.5 Å². The summed E-state index contributed by atoms with van der Waals surface area (Å²) in [7, 11) is 0. The second-order valence-electron chi connectivity index (χ2n) is 9.35. The molecule has 2 aliphatic heterocycles. The van der Waals surface area contributed by atoms with Crippen LogP contribution in [-0.2, 0) is 20.9 Å². The number of rotatable bonds is 5. The molecule has 0 bridgehead atoms. The van der Waals surface area contributed by atoms with E-state index in [4.69, 9.17) is 34.8 Å². The predicted octanol–water partition coefficient (Wildman–Crippen LogP) is 6.44. The molecule has 3 heterocycles. The van der Waals surface area contributed by atoms with Gasteiger partial charge in [-0.2, -0.15) is 0 Å². The molecular formula is C28H17Cl3FN3O4S2. The van der Waals surface area contributed by atoms with E-state index in [-0.39, 0.29) is 16.6 Å². The van der Waals surface area contributed by atoms with E-state index in [1.165, 1.54) is 28.8 Å². The molecular weight excluding hydrogens is 632 g/mol. The summed E-state index contributed by atoms with van der Waals surface area (Å²) < 4.78 is 14.6. The fourth-order valence-electron chi connectivity index (χ4n) is 5.07. The Morgan fingerprint density at radius 1 is 0.927 bits per heavy atom. The van der Waals surface area contributed by atoms with Crippen molar-refractivity contribution in [3.8, 4) is 0 Å². The maximum absolute atomic E-state index is 13.9. The van der Waals surface area contributed by atoms with Crippen molar-refractivity contribution in [1.82, 2.24) is 4.57 Å². The van der Waals surface area contributed by atoms with E-state index in [1.807, 2.05) is 0 Å². The molecule has 1 N–H and O–H groups in total. The summed E-state index contributed by atoms with van der Waals surface area (Å²) in [6.07, 6.45) is 0. The third-order valence-electron chi connectivity index (χ3n) is 6.88. The van der Waals surface area contributed by atoms with Crippen molar-refractivity contribution in [2.45, 2.75) is 22.7 Å². The number of nitrogens with one attached hydrogen (secondary N) is 1. The number of thiazole rings is 1. The van der Waals surface area contributed by atoms with Crippen molar-refractivity contribution < 1.29 is 18.8 Å². The highest BCUT2D eigenvalue weighted by molar-refractivity contribution is 8.00. The lowest BCUT2D eigenvalue weighted by Gasteiger charge is -2.31. The zero-order valence-corrected chi connectivity index (χ0v) is 24.5. The van der Waals surface area contributed by atoms with Crippen LogP contribution in [0.5, 0.6) is 0 Å². The van der Waals surface area contributed by atoms with Gasteiger partial charge in [0.05, 0.1) is 26.7 Å². The molecule has 3 aromatic carbocycles. The Kier molecular flexibility index (Phi) is 7.46. The van der Waals surface area contributed by atoms with Gasteiger partial charge in [0, 0.05) is 21.5 Å². The number of nitrogens with zero attached hydrogens (tertiary/aromatic N) is 2. The number of carbonyl (C=O) groups is 3. The third-order valence-corrected chi connectivity index (χ3v) is 10.6. The topological polar surface area (TPSA) is 88.5 Å². The summed E-state index contributed by atoms with van der Waals surface area (Å²) in [5.41, 5.74) is 1.23. The molecule has 0 saturated carbocycles. The predicted molar refractivity (Wildman–Crippen MR) is 159 cm³/mol. The number of aromatic nitrogens is 1. The van der Waals surface area contributed by atoms with Crippen LogP contribution in [0, 0.1) is 11.7 Å². The molecule has 2 aliphatic rings. The molecule has 0 radical (unpaired) electrons. The Labute approximate surface area is 255 Å². The summed E-state index contributed by atoms with van der Waals surface area (Å²) in [4.78, 5) is 55.1. The van der Waals surface area contributed by atoms with Gasteiger partial charge in [-0.15, -0.1) is 0 Å². The number of imide groups is 1. The van der Waals surface area contributed by atoms with E-state index in [9.17, 15) is 23.6 Å². The van der Waals surface area contributed by atoms with E-state index in [2.05, 4.69) is 5.32 Å². The number of hydrogen-bond donors (Lipinski definition) is 1. The monoisotopic (exact) mass is 647 g/mol. The highest BCUT2D eigenvalue weighted by Crippen LogP contribution is 2.55. The number of fused-ring (bicyclic) bond motifs is 2. The Hall–Kier alpha value is -3.15. The maximum Gasteiger partial charge on any atom is 0.308 e. The maximum atomic E-state index is 13.9. The first-order chi connectivity index (χ1) is 19.6. The van der Waals surface area contributed by atoms with E-state index >= 15 is 0 Å². The summed E-state index contributed by atoms with van der Waals surface area (Å²) >= 11 is 21.0. The molecule has 0 aliphatic carbocycles. The largest absolute Gasteiger partial charge is 0.325 e. The van der Waals surface area contributed by atoms with E-state index < -0.39 is 45.5 Å². The van der Waals surface area contributed by atoms with Crippen LogP contribution in [0.2, 0.25) is 15.1 Å². The fourth-order valence-corrected chi connectivity index (χ4v) is 8.39. The average Bonchev–Trinajstić information content (AvgIpc) is 3.38. The normalized spacial score (nSPS) is 19.7. The van der Waals surface area contributed by atoms with Crippen LogP contribution < -0.4 is 15.1 Å². The van der Waals surface area contributed by atoms with Crippen molar-refractivity contribution >= 4 is 87.0 Å². The molecule has 3 amide bonds. The first-order valence-corrected chi connectivity index (χ1v) is 15.0. The van der Waals surface area contributed by atoms with Crippen LogP contribution in [0.3, 0.4) is 0 Å². The molecule has 3 unspecified atom stereocenters. The summed E-state index contributed by atoms with van der Waals surface area (Å²) in [5, 5.41) is 3.07. The van der Waals surface area contributed by atoms with Gasteiger partial charge in [0.2, 0.25) is 17.7 Å². The molecule has 4 aromatic rings. The second kappa shape index (κ2) is 10.9. The van der Waals surface area contributed by atoms with Gasteiger partial charge in [0.1, 0.15) is 17.6 Å². The zero-order chi connectivity index (χ0) is 29.0. The minimum Gasteiger partial charge on any atom is -0.325 e. The quantitative estimate of drug-likeness (QED) is 0.252. The van der Waals surface area contributed by atoms with Gasteiger partial charge in [0.15, 0.2) is 0 Å². The first kappa shape index (κ1) is 28.0. The molecule has 13 heteroatoms. The number of thioether (sulfide) groups is 1.